The maximum Gasteiger partial charge on any atom is 0.316 e. The van der Waals surface area contributed by atoms with Gasteiger partial charge in [0.2, 0.25) is 0 Å². The van der Waals surface area contributed by atoms with Gasteiger partial charge in [-0.25, -0.2) is 0 Å². The molecule has 0 saturated heterocycles. The highest BCUT2D eigenvalue weighted by atomic mass is 16.4. The number of nitrogens with two attached hydrogens (primary N) is 1. The third kappa shape index (κ3) is 2.73. The van der Waals surface area contributed by atoms with Crippen LogP contribution in [0.15, 0.2) is 28.7 Å². The van der Waals surface area contributed by atoms with Crippen molar-refractivity contribution >= 4 is 12.0 Å². The quantitative estimate of drug-likeness (QED) is 0.815. The normalized spacial score (nSPS) is 10.3. The first-order valence-corrected chi connectivity index (χ1v) is 5.12. The number of anilines is 2. The molecule has 1 aromatic carbocycles. The first-order chi connectivity index (χ1) is 7.74. The van der Waals surface area contributed by atoms with Crippen molar-refractivity contribution in [3.05, 3.63) is 35.4 Å². The second kappa shape index (κ2) is 4.65. The molecular formula is C11H14N4O. The minimum Gasteiger partial charge on any atom is -0.390 e. The van der Waals surface area contributed by atoms with Crippen LogP contribution in [-0.4, -0.2) is 16.7 Å². The van der Waals surface area contributed by atoms with Crippen LogP contribution in [0, 0.1) is 6.92 Å². The summed E-state index contributed by atoms with van der Waals surface area (Å²) in [6, 6.07) is 8.83. The molecule has 0 spiro atoms. The molecule has 2 aromatic rings. The van der Waals surface area contributed by atoms with Crippen LogP contribution in [0.25, 0.3) is 0 Å². The van der Waals surface area contributed by atoms with Gasteiger partial charge < -0.3 is 15.5 Å². The first kappa shape index (κ1) is 10.5. The molecule has 0 saturated carbocycles. The van der Waals surface area contributed by atoms with Crippen LogP contribution in [0.3, 0.4) is 0 Å². The number of aryl methyl sites for hydroxylation is 1. The Morgan fingerprint density at radius 1 is 1.38 bits per heavy atom. The molecule has 5 heteroatoms. The zero-order valence-corrected chi connectivity index (χ0v) is 9.10. The van der Waals surface area contributed by atoms with Gasteiger partial charge in [-0.3, -0.25) is 0 Å². The zero-order chi connectivity index (χ0) is 11.4. The second-order valence-corrected chi connectivity index (χ2v) is 3.61. The lowest BCUT2D eigenvalue weighted by Crippen LogP contribution is -2.05. The number of hydrogen-bond acceptors (Lipinski definition) is 5. The summed E-state index contributed by atoms with van der Waals surface area (Å²) in [5.74, 6) is 0. The van der Waals surface area contributed by atoms with Crippen LogP contribution in [0.5, 0.6) is 0 Å². The molecular weight excluding hydrogens is 204 g/mol. The fourth-order valence-electron chi connectivity index (χ4n) is 1.49. The number of rotatable bonds is 4. The summed E-state index contributed by atoms with van der Waals surface area (Å²) in [4.78, 5) is 0. The van der Waals surface area contributed by atoms with Crippen LogP contribution in [0.1, 0.15) is 11.1 Å². The Kier molecular flexibility index (Phi) is 3.05. The Balaban J connectivity index is 1.84. The van der Waals surface area contributed by atoms with E-state index in [1.807, 2.05) is 0 Å². The lowest BCUT2D eigenvalue weighted by molar-refractivity contribution is 0.586. The summed E-state index contributed by atoms with van der Waals surface area (Å²) in [5.41, 5.74) is 7.84. The predicted molar refractivity (Wildman–Crippen MR) is 62.1 cm³/mol. The topological polar surface area (TPSA) is 77.0 Å². The Morgan fingerprint density at radius 2 is 2.25 bits per heavy atom. The molecule has 1 heterocycles. The van der Waals surface area contributed by atoms with Crippen molar-refractivity contribution in [3.8, 4) is 0 Å². The molecule has 0 radical (unpaired) electrons. The van der Waals surface area contributed by atoms with Gasteiger partial charge in [-0.2, -0.15) is 0 Å². The van der Waals surface area contributed by atoms with E-state index in [0.717, 1.165) is 13.0 Å². The number of nitrogens with one attached hydrogen (secondary N) is 1. The molecule has 5 nitrogen and oxygen atoms in total. The van der Waals surface area contributed by atoms with E-state index in [0.29, 0.717) is 6.01 Å². The van der Waals surface area contributed by atoms with Gasteiger partial charge in [0.25, 0.3) is 0 Å². The Hall–Kier alpha value is -2.04. The van der Waals surface area contributed by atoms with E-state index >= 15 is 0 Å². The van der Waals surface area contributed by atoms with Gasteiger partial charge in [0.1, 0.15) is 0 Å². The van der Waals surface area contributed by atoms with Gasteiger partial charge in [-0.05, 0) is 18.9 Å². The van der Waals surface area contributed by atoms with Crippen LogP contribution in [0.2, 0.25) is 0 Å². The second-order valence-electron chi connectivity index (χ2n) is 3.61. The molecule has 0 fully saturated rings. The summed E-state index contributed by atoms with van der Waals surface area (Å²) in [7, 11) is 0. The van der Waals surface area contributed by atoms with E-state index in [2.05, 4.69) is 46.7 Å². The molecule has 84 valence electrons. The van der Waals surface area contributed by atoms with E-state index in [4.69, 9.17) is 10.2 Å². The molecule has 0 amide bonds. The third-order valence-corrected chi connectivity index (χ3v) is 2.21. The first-order valence-electron chi connectivity index (χ1n) is 5.12. The van der Waals surface area contributed by atoms with E-state index in [1.54, 1.807) is 0 Å². The molecule has 0 aliphatic carbocycles. The number of nitrogen functional groups attached to an aromatic ring is 1. The van der Waals surface area contributed by atoms with Crippen LogP contribution in [0.4, 0.5) is 12.0 Å². The largest absolute Gasteiger partial charge is 0.390 e. The highest BCUT2D eigenvalue weighted by Gasteiger charge is 2.00. The average molecular weight is 218 g/mol. The van der Waals surface area contributed by atoms with Gasteiger partial charge in [-0.15, -0.1) is 0 Å². The fraction of sp³-hybridized carbons (Fsp3) is 0.273. The van der Waals surface area contributed by atoms with Gasteiger partial charge in [-0.1, -0.05) is 40.0 Å². The van der Waals surface area contributed by atoms with Gasteiger partial charge in [0, 0.05) is 6.54 Å². The van der Waals surface area contributed by atoms with E-state index in [-0.39, 0.29) is 6.01 Å². The molecule has 0 aliphatic heterocycles. The van der Waals surface area contributed by atoms with Crippen molar-refractivity contribution in [2.75, 3.05) is 17.6 Å². The predicted octanol–water partition coefficient (Wildman–Crippen LogP) is 1.61. The fourth-order valence-corrected chi connectivity index (χ4v) is 1.49. The van der Waals surface area contributed by atoms with Crippen molar-refractivity contribution < 1.29 is 4.42 Å². The average Bonchev–Trinajstić information content (AvgIpc) is 2.64. The molecule has 16 heavy (non-hydrogen) atoms. The van der Waals surface area contributed by atoms with Gasteiger partial charge in [0.05, 0.1) is 0 Å². The molecule has 1 aromatic heterocycles. The van der Waals surface area contributed by atoms with Crippen LogP contribution >= 0.6 is 0 Å². The molecule has 3 N–H and O–H groups in total. The number of aromatic nitrogens is 2. The van der Waals surface area contributed by atoms with Crippen molar-refractivity contribution in [2.45, 2.75) is 13.3 Å². The smallest absolute Gasteiger partial charge is 0.316 e. The van der Waals surface area contributed by atoms with Gasteiger partial charge in [0.15, 0.2) is 0 Å². The standard InChI is InChI=1S/C11H14N4O/c1-8-3-2-4-9(7-8)5-6-13-11-15-14-10(12)16-11/h2-4,7H,5-6H2,1H3,(H2,12,14)(H,13,15). The zero-order valence-electron chi connectivity index (χ0n) is 9.10. The van der Waals surface area contributed by atoms with E-state index in [1.165, 1.54) is 11.1 Å². The van der Waals surface area contributed by atoms with Crippen molar-refractivity contribution in [2.24, 2.45) is 0 Å². The monoisotopic (exact) mass is 218 g/mol. The third-order valence-electron chi connectivity index (χ3n) is 2.21. The summed E-state index contributed by atoms with van der Waals surface area (Å²) in [6.45, 7) is 2.82. The molecule has 2 rings (SSSR count). The van der Waals surface area contributed by atoms with Crippen LogP contribution < -0.4 is 11.1 Å². The Labute approximate surface area is 93.7 Å². The van der Waals surface area contributed by atoms with Crippen molar-refractivity contribution in [1.82, 2.24) is 10.2 Å². The van der Waals surface area contributed by atoms with Crippen LogP contribution in [-0.2, 0) is 6.42 Å². The SMILES string of the molecule is Cc1cccc(CCNc2nnc(N)o2)c1. The highest BCUT2D eigenvalue weighted by molar-refractivity contribution is 5.25. The lowest BCUT2D eigenvalue weighted by Gasteiger charge is -2.02. The minimum absolute atomic E-state index is 0.0815. The summed E-state index contributed by atoms with van der Waals surface area (Å²) in [6.07, 6.45) is 0.907. The lowest BCUT2D eigenvalue weighted by atomic mass is 10.1. The molecule has 0 atom stereocenters. The maximum atomic E-state index is 5.30. The van der Waals surface area contributed by atoms with E-state index < -0.39 is 0 Å². The maximum absolute atomic E-state index is 5.30. The summed E-state index contributed by atoms with van der Waals surface area (Å²) < 4.78 is 4.99. The molecule has 0 bridgehead atoms. The Bertz CT molecular complexity index is 467. The van der Waals surface area contributed by atoms with E-state index in [9.17, 15) is 0 Å². The molecule has 0 aliphatic rings. The van der Waals surface area contributed by atoms with Gasteiger partial charge >= 0.3 is 12.0 Å². The number of nitrogens with zero attached hydrogens (tertiary/aromatic N) is 2. The highest BCUT2D eigenvalue weighted by Crippen LogP contribution is 2.07. The summed E-state index contributed by atoms with van der Waals surface area (Å²) >= 11 is 0. The summed E-state index contributed by atoms with van der Waals surface area (Å²) in [5, 5.41) is 10.3. The number of benzene rings is 1. The minimum atomic E-state index is 0.0815. The van der Waals surface area contributed by atoms with Crippen molar-refractivity contribution in [1.29, 1.82) is 0 Å². The number of hydrogen-bond donors (Lipinski definition) is 2. The Morgan fingerprint density at radius 3 is 2.94 bits per heavy atom. The van der Waals surface area contributed by atoms with Crippen molar-refractivity contribution in [3.63, 3.8) is 0 Å². The molecule has 0 unspecified atom stereocenters.